The molecule has 186 valence electrons. The fourth-order valence-electron chi connectivity index (χ4n) is 4.78. The number of nitrogens with zero attached hydrogens (tertiary/aromatic N) is 4. The maximum absolute atomic E-state index is 12.6. The molecule has 3 N–H and O–H groups in total. The van der Waals surface area contributed by atoms with Gasteiger partial charge in [0.05, 0.1) is 28.8 Å². The topological polar surface area (TPSA) is 112 Å². The van der Waals surface area contributed by atoms with Crippen molar-refractivity contribution in [2.24, 2.45) is 0 Å². The third kappa shape index (κ3) is 4.19. The fourth-order valence-corrected chi connectivity index (χ4v) is 4.78. The molecule has 0 atom stereocenters. The summed E-state index contributed by atoms with van der Waals surface area (Å²) in [5.74, 6) is -0.179. The first-order valence-corrected chi connectivity index (χ1v) is 12.4. The average molecular weight is 508 g/mol. The third-order valence-corrected chi connectivity index (χ3v) is 6.69. The molecule has 0 unspecified atom stereocenters. The van der Waals surface area contributed by atoms with Crippen molar-refractivity contribution in [2.45, 2.75) is 0 Å². The van der Waals surface area contributed by atoms with Crippen molar-refractivity contribution >= 4 is 33.4 Å². The van der Waals surface area contributed by atoms with E-state index in [1.807, 2.05) is 54.6 Å². The summed E-state index contributed by atoms with van der Waals surface area (Å²) < 4.78 is 0. The summed E-state index contributed by atoms with van der Waals surface area (Å²) in [6, 6.07) is 25.1. The maximum atomic E-state index is 12.6. The van der Waals surface area contributed by atoms with Gasteiger partial charge in [-0.05, 0) is 60.2 Å². The molecule has 5 heterocycles. The molecule has 8 heteroatoms. The highest BCUT2D eigenvalue weighted by Gasteiger charge is 2.15. The molecule has 0 saturated carbocycles. The number of aromatic nitrogens is 6. The van der Waals surface area contributed by atoms with Crippen LogP contribution in [-0.2, 0) is 0 Å². The minimum Gasteiger partial charge on any atom is -0.353 e. The zero-order chi connectivity index (χ0) is 26.2. The second-order valence-corrected chi connectivity index (χ2v) is 9.15. The molecule has 5 aromatic heterocycles. The minimum absolute atomic E-state index is 0.179. The predicted octanol–water partition coefficient (Wildman–Crippen LogP) is 6.48. The molecule has 0 spiro atoms. The van der Waals surface area contributed by atoms with Crippen LogP contribution in [0.25, 0.3) is 55.6 Å². The highest BCUT2D eigenvalue weighted by molar-refractivity contribution is 6.04. The monoisotopic (exact) mass is 507 g/mol. The Hall–Kier alpha value is -5.63. The number of H-pyrrole nitrogens is 2. The van der Waals surface area contributed by atoms with Gasteiger partial charge in [-0.3, -0.25) is 24.8 Å². The Kier molecular flexibility index (Phi) is 5.41. The van der Waals surface area contributed by atoms with Crippen molar-refractivity contribution < 1.29 is 4.79 Å². The molecule has 0 saturated heterocycles. The molecular weight excluding hydrogens is 486 g/mol. The van der Waals surface area contributed by atoms with Gasteiger partial charge in [0.25, 0.3) is 5.91 Å². The van der Waals surface area contributed by atoms with Gasteiger partial charge in [0.15, 0.2) is 0 Å². The van der Waals surface area contributed by atoms with E-state index < -0.39 is 0 Å². The van der Waals surface area contributed by atoms with Crippen molar-refractivity contribution in [3.05, 3.63) is 115 Å². The van der Waals surface area contributed by atoms with Crippen molar-refractivity contribution in [2.75, 3.05) is 5.32 Å². The van der Waals surface area contributed by atoms with Crippen molar-refractivity contribution in [3.63, 3.8) is 0 Å². The third-order valence-electron chi connectivity index (χ3n) is 6.69. The van der Waals surface area contributed by atoms with Crippen LogP contribution in [0.2, 0.25) is 0 Å². The van der Waals surface area contributed by atoms with Gasteiger partial charge in [0, 0.05) is 57.8 Å². The Balaban J connectivity index is 1.25. The molecule has 7 rings (SSSR count). The van der Waals surface area contributed by atoms with Crippen molar-refractivity contribution in [1.82, 2.24) is 30.1 Å². The van der Waals surface area contributed by atoms with Gasteiger partial charge < -0.3 is 10.3 Å². The normalized spacial score (nSPS) is 11.2. The molecule has 2 aromatic carbocycles. The molecule has 39 heavy (non-hydrogen) atoms. The van der Waals surface area contributed by atoms with E-state index in [9.17, 15) is 4.79 Å². The number of nitrogens with one attached hydrogen (secondary N) is 3. The molecule has 0 fully saturated rings. The zero-order valence-corrected chi connectivity index (χ0v) is 20.6. The van der Waals surface area contributed by atoms with E-state index in [1.54, 1.807) is 43.1 Å². The van der Waals surface area contributed by atoms with Crippen LogP contribution in [0.15, 0.2) is 110 Å². The van der Waals surface area contributed by atoms with Crippen LogP contribution >= 0.6 is 0 Å². The first kappa shape index (κ1) is 22.6. The summed E-state index contributed by atoms with van der Waals surface area (Å²) in [6.07, 6.45) is 8.77. The van der Waals surface area contributed by atoms with Gasteiger partial charge in [0.1, 0.15) is 5.69 Å². The summed E-state index contributed by atoms with van der Waals surface area (Å²) in [7, 11) is 0. The molecule has 0 bridgehead atoms. The molecule has 8 nitrogen and oxygen atoms in total. The molecular formula is C31H21N7O. The lowest BCUT2D eigenvalue weighted by atomic mass is 10.0. The number of rotatable bonds is 5. The lowest BCUT2D eigenvalue weighted by Gasteiger charge is -2.08. The van der Waals surface area contributed by atoms with E-state index in [0.29, 0.717) is 11.3 Å². The summed E-state index contributed by atoms with van der Waals surface area (Å²) >= 11 is 0. The number of pyridine rings is 3. The molecule has 0 radical (unpaired) electrons. The Labute approximate surface area is 222 Å². The number of hydrogen-bond acceptors (Lipinski definition) is 5. The number of aromatic amines is 2. The summed E-state index contributed by atoms with van der Waals surface area (Å²) in [6.45, 7) is 0. The first-order valence-electron chi connectivity index (χ1n) is 12.4. The SMILES string of the molecule is O=C(Nc1cncc(-c2ccc3[nH]nc(-c4cc5c(-c6ccncc6)nccc5[nH]4)c3c2)c1)c1ccccc1. The van der Waals surface area contributed by atoms with E-state index >= 15 is 0 Å². The quantitative estimate of drug-likeness (QED) is 0.247. The standard InChI is InChI=1S/C31H21N7O/c39-31(20-4-2-1-3-5-20)35-23-14-22(17-33-18-23)21-6-7-27-24(15-21)30(38-37-27)28-16-25-26(36-28)10-13-34-29(25)19-8-11-32-12-9-19/h1-18,36H,(H,35,39)(H,37,38). The van der Waals surface area contributed by atoms with E-state index in [2.05, 4.69) is 47.6 Å². The van der Waals surface area contributed by atoms with E-state index in [4.69, 9.17) is 0 Å². The van der Waals surface area contributed by atoms with Gasteiger partial charge in [-0.25, -0.2) is 0 Å². The summed E-state index contributed by atoms with van der Waals surface area (Å²) in [4.78, 5) is 29.3. The van der Waals surface area contributed by atoms with Crippen LogP contribution in [0.5, 0.6) is 0 Å². The van der Waals surface area contributed by atoms with Crippen molar-refractivity contribution in [3.8, 4) is 33.8 Å². The van der Waals surface area contributed by atoms with Gasteiger partial charge in [0.2, 0.25) is 0 Å². The number of carbonyl (C=O) groups is 1. The Morgan fingerprint density at radius 2 is 1.54 bits per heavy atom. The minimum atomic E-state index is -0.179. The number of carbonyl (C=O) groups excluding carboxylic acids is 1. The first-order chi connectivity index (χ1) is 19.2. The van der Waals surface area contributed by atoms with Crippen LogP contribution in [-0.4, -0.2) is 36.0 Å². The van der Waals surface area contributed by atoms with Crippen LogP contribution < -0.4 is 5.32 Å². The maximum Gasteiger partial charge on any atom is 0.255 e. The zero-order valence-electron chi connectivity index (χ0n) is 20.6. The van der Waals surface area contributed by atoms with Gasteiger partial charge in [-0.2, -0.15) is 5.10 Å². The lowest BCUT2D eigenvalue weighted by molar-refractivity contribution is 0.102. The number of hydrogen-bond donors (Lipinski definition) is 3. The molecule has 0 aliphatic heterocycles. The Morgan fingerprint density at radius 1 is 0.692 bits per heavy atom. The van der Waals surface area contributed by atoms with Crippen LogP contribution in [0, 0.1) is 0 Å². The predicted molar refractivity (Wildman–Crippen MR) is 152 cm³/mol. The Bertz CT molecular complexity index is 1960. The second kappa shape index (κ2) is 9.35. The largest absolute Gasteiger partial charge is 0.353 e. The highest BCUT2D eigenvalue weighted by atomic mass is 16.1. The average Bonchev–Trinajstić information content (AvgIpc) is 3.62. The second-order valence-electron chi connectivity index (χ2n) is 9.15. The number of benzene rings is 2. The van der Waals surface area contributed by atoms with Gasteiger partial charge in [-0.15, -0.1) is 0 Å². The number of fused-ring (bicyclic) bond motifs is 2. The van der Waals surface area contributed by atoms with E-state index in [0.717, 1.165) is 55.6 Å². The highest BCUT2D eigenvalue weighted by Crippen LogP contribution is 2.34. The molecule has 0 aliphatic rings. The fraction of sp³-hybridized carbons (Fsp3) is 0. The number of anilines is 1. The van der Waals surface area contributed by atoms with Crippen molar-refractivity contribution in [1.29, 1.82) is 0 Å². The molecule has 7 aromatic rings. The van der Waals surface area contributed by atoms with E-state index in [1.165, 1.54) is 0 Å². The van der Waals surface area contributed by atoms with Gasteiger partial charge >= 0.3 is 0 Å². The molecule has 0 aliphatic carbocycles. The lowest BCUT2D eigenvalue weighted by Crippen LogP contribution is -2.11. The smallest absolute Gasteiger partial charge is 0.255 e. The molecule has 1 amide bonds. The number of amides is 1. The Morgan fingerprint density at radius 3 is 2.41 bits per heavy atom. The summed E-state index contributed by atoms with van der Waals surface area (Å²) in [5, 5.41) is 12.7. The van der Waals surface area contributed by atoms with E-state index in [-0.39, 0.29) is 5.91 Å². The summed E-state index contributed by atoms with van der Waals surface area (Å²) in [5.41, 5.74) is 8.55. The van der Waals surface area contributed by atoms with Crippen LogP contribution in [0.3, 0.4) is 0 Å². The van der Waals surface area contributed by atoms with Crippen LogP contribution in [0.1, 0.15) is 10.4 Å². The van der Waals surface area contributed by atoms with Crippen LogP contribution in [0.4, 0.5) is 5.69 Å². The van der Waals surface area contributed by atoms with Gasteiger partial charge in [-0.1, -0.05) is 24.3 Å².